The molecule has 0 aromatic carbocycles. The largest absolute Gasteiger partial charge is 0.468 e. The highest BCUT2D eigenvalue weighted by molar-refractivity contribution is 5.06. The van der Waals surface area contributed by atoms with Gasteiger partial charge in [0.25, 0.3) is 0 Å². The molecule has 0 amide bonds. The molecule has 1 aromatic rings. The Kier molecular flexibility index (Phi) is 5.64. The topological polar surface area (TPSA) is 48.6 Å². The minimum Gasteiger partial charge on any atom is -0.468 e. The monoisotopic (exact) mass is 280 g/mol. The number of hydrogen-bond donors (Lipinski definition) is 2. The van der Waals surface area contributed by atoms with Gasteiger partial charge in [-0.15, -0.1) is 0 Å². The Balaban J connectivity index is 1.91. The highest BCUT2D eigenvalue weighted by Crippen LogP contribution is 2.25. The van der Waals surface area contributed by atoms with Gasteiger partial charge in [-0.3, -0.25) is 4.90 Å². The molecule has 1 aliphatic heterocycles. The van der Waals surface area contributed by atoms with Gasteiger partial charge >= 0.3 is 0 Å². The van der Waals surface area contributed by atoms with Crippen molar-refractivity contribution in [3.05, 3.63) is 24.2 Å². The number of aliphatic hydroxyl groups excluding tert-OH is 1. The minimum atomic E-state index is -0.0290. The average Bonchev–Trinajstić information content (AvgIpc) is 3.16. The summed E-state index contributed by atoms with van der Waals surface area (Å²) in [5.74, 6) is 1.04. The third kappa shape index (κ3) is 3.84. The number of nitrogens with zero attached hydrogens (tertiary/aromatic N) is 1. The highest BCUT2D eigenvalue weighted by Gasteiger charge is 2.26. The number of aliphatic hydroxyl groups is 1. The van der Waals surface area contributed by atoms with Gasteiger partial charge in [0, 0.05) is 25.1 Å². The zero-order valence-electron chi connectivity index (χ0n) is 12.8. The fourth-order valence-electron chi connectivity index (χ4n) is 2.75. The molecule has 2 rings (SSSR count). The van der Waals surface area contributed by atoms with Gasteiger partial charge < -0.3 is 14.8 Å². The quantitative estimate of drug-likeness (QED) is 0.768. The number of likely N-dealkylation sites (tertiary alicyclic amines) is 1. The van der Waals surface area contributed by atoms with Crippen LogP contribution in [0.4, 0.5) is 0 Å². The Labute approximate surface area is 122 Å². The van der Waals surface area contributed by atoms with E-state index in [1.165, 1.54) is 12.8 Å². The molecule has 1 saturated heterocycles. The third-order valence-corrected chi connectivity index (χ3v) is 4.58. The first-order valence-corrected chi connectivity index (χ1v) is 7.77. The Morgan fingerprint density at radius 1 is 1.45 bits per heavy atom. The van der Waals surface area contributed by atoms with E-state index < -0.39 is 0 Å². The molecule has 0 bridgehead atoms. The maximum Gasteiger partial charge on any atom is 0.122 e. The summed E-state index contributed by atoms with van der Waals surface area (Å²) < 4.78 is 5.61. The molecule has 0 spiro atoms. The Morgan fingerprint density at radius 3 is 2.75 bits per heavy atom. The summed E-state index contributed by atoms with van der Waals surface area (Å²) in [6.07, 6.45) is 5.29. The van der Waals surface area contributed by atoms with Crippen LogP contribution in [0, 0.1) is 5.41 Å². The van der Waals surface area contributed by atoms with Gasteiger partial charge in [-0.05, 0) is 44.5 Å². The van der Waals surface area contributed by atoms with Crippen LogP contribution in [-0.4, -0.2) is 42.8 Å². The molecule has 114 valence electrons. The summed E-state index contributed by atoms with van der Waals surface area (Å²) in [5.41, 5.74) is -0.0290. The van der Waals surface area contributed by atoms with E-state index in [-0.39, 0.29) is 12.0 Å². The lowest BCUT2D eigenvalue weighted by Gasteiger charge is -2.30. The van der Waals surface area contributed by atoms with Crippen LogP contribution >= 0.6 is 0 Å². The molecule has 4 nitrogen and oxygen atoms in total. The molecule has 2 atom stereocenters. The van der Waals surface area contributed by atoms with Gasteiger partial charge in [0.15, 0.2) is 0 Å². The predicted molar refractivity (Wildman–Crippen MR) is 80.6 cm³/mol. The third-order valence-electron chi connectivity index (χ3n) is 4.58. The molecular weight excluding hydrogens is 252 g/mol. The van der Waals surface area contributed by atoms with Gasteiger partial charge in [0.2, 0.25) is 0 Å². The van der Waals surface area contributed by atoms with Crippen LogP contribution in [0.3, 0.4) is 0 Å². The molecule has 4 heteroatoms. The SMILES string of the molecule is CCC(C)(CO)CNCC(c1ccco1)N1CCCC1. The zero-order chi connectivity index (χ0) is 14.4. The summed E-state index contributed by atoms with van der Waals surface area (Å²) in [6, 6.07) is 4.34. The van der Waals surface area contributed by atoms with Crippen LogP contribution in [0.1, 0.15) is 44.9 Å². The van der Waals surface area contributed by atoms with Crippen LogP contribution in [0.5, 0.6) is 0 Å². The number of hydrogen-bond acceptors (Lipinski definition) is 4. The van der Waals surface area contributed by atoms with Gasteiger partial charge in [-0.1, -0.05) is 13.8 Å². The molecule has 0 aliphatic carbocycles. The standard InChI is InChI=1S/C16H28N2O2/c1-3-16(2,13-19)12-17-11-14(15-7-6-10-20-15)18-8-4-5-9-18/h6-7,10,14,17,19H,3-5,8-9,11-13H2,1-2H3. The van der Waals surface area contributed by atoms with E-state index in [9.17, 15) is 5.11 Å². The summed E-state index contributed by atoms with van der Waals surface area (Å²) >= 11 is 0. The lowest BCUT2D eigenvalue weighted by atomic mass is 9.88. The maximum atomic E-state index is 9.48. The first kappa shape index (κ1) is 15.5. The molecule has 2 N–H and O–H groups in total. The summed E-state index contributed by atoms with van der Waals surface area (Å²) in [4.78, 5) is 2.49. The molecule has 1 fully saturated rings. The molecule has 2 heterocycles. The Hall–Kier alpha value is -0.840. The van der Waals surface area contributed by atoms with E-state index in [1.54, 1.807) is 6.26 Å². The summed E-state index contributed by atoms with van der Waals surface area (Å²) in [5, 5.41) is 13.0. The van der Waals surface area contributed by atoms with Gasteiger partial charge in [0.05, 0.1) is 12.3 Å². The van der Waals surface area contributed by atoms with E-state index in [1.807, 2.05) is 6.07 Å². The Morgan fingerprint density at radius 2 is 2.20 bits per heavy atom. The highest BCUT2D eigenvalue weighted by atomic mass is 16.3. The fourth-order valence-corrected chi connectivity index (χ4v) is 2.75. The van der Waals surface area contributed by atoms with E-state index >= 15 is 0 Å². The number of rotatable bonds is 8. The molecule has 1 aromatic heterocycles. The lowest BCUT2D eigenvalue weighted by Crippen LogP contribution is -2.40. The first-order chi connectivity index (χ1) is 9.68. The van der Waals surface area contributed by atoms with Gasteiger partial charge in [0.1, 0.15) is 5.76 Å². The first-order valence-electron chi connectivity index (χ1n) is 7.77. The van der Waals surface area contributed by atoms with E-state index in [0.717, 1.165) is 38.4 Å². The average molecular weight is 280 g/mol. The zero-order valence-corrected chi connectivity index (χ0v) is 12.8. The summed E-state index contributed by atoms with van der Waals surface area (Å²) in [6.45, 7) is 8.50. The van der Waals surface area contributed by atoms with Crippen LogP contribution < -0.4 is 5.32 Å². The van der Waals surface area contributed by atoms with Crippen molar-refractivity contribution in [3.63, 3.8) is 0 Å². The van der Waals surface area contributed by atoms with Crippen molar-refractivity contribution in [1.29, 1.82) is 0 Å². The second-order valence-corrected chi connectivity index (χ2v) is 6.23. The van der Waals surface area contributed by atoms with Gasteiger partial charge in [-0.2, -0.15) is 0 Å². The van der Waals surface area contributed by atoms with E-state index in [2.05, 4.69) is 30.1 Å². The molecular formula is C16H28N2O2. The molecule has 20 heavy (non-hydrogen) atoms. The maximum absolute atomic E-state index is 9.48. The van der Waals surface area contributed by atoms with Gasteiger partial charge in [-0.25, -0.2) is 0 Å². The van der Waals surface area contributed by atoms with Crippen molar-refractivity contribution >= 4 is 0 Å². The molecule has 1 aliphatic rings. The summed E-state index contributed by atoms with van der Waals surface area (Å²) in [7, 11) is 0. The predicted octanol–water partition coefficient (Wildman–Crippen LogP) is 2.41. The molecule has 0 radical (unpaired) electrons. The Bertz CT molecular complexity index is 368. The van der Waals surface area contributed by atoms with Crippen LogP contribution in [0.15, 0.2) is 22.8 Å². The van der Waals surface area contributed by atoms with E-state index in [0.29, 0.717) is 6.04 Å². The van der Waals surface area contributed by atoms with Crippen molar-refractivity contribution in [1.82, 2.24) is 10.2 Å². The van der Waals surface area contributed by atoms with Crippen LogP contribution in [-0.2, 0) is 0 Å². The molecule has 2 unspecified atom stereocenters. The van der Waals surface area contributed by atoms with Crippen molar-refractivity contribution in [2.24, 2.45) is 5.41 Å². The second-order valence-electron chi connectivity index (χ2n) is 6.23. The molecule has 0 saturated carbocycles. The van der Waals surface area contributed by atoms with E-state index in [4.69, 9.17) is 4.42 Å². The lowest BCUT2D eigenvalue weighted by molar-refractivity contribution is 0.129. The minimum absolute atomic E-state index is 0.0290. The second kappa shape index (κ2) is 7.25. The normalized spacial score (nSPS) is 20.9. The fraction of sp³-hybridized carbons (Fsp3) is 0.750. The number of furan rings is 1. The van der Waals surface area contributed by atoms with Crippen molar-refractivity contribution in [3.8, 4) is 0 Å². The number of nitrogens with one attached hydrogen (secondary N) is 1. The van der Waals surface area contributed by atoms with Crippen LogP contribution in [0.25, 0.3) is 0 Å². The van der Waals surface area contributed by atoms with Crippen molar-refractivity contribution in [2.45, 2.75) is 39.2 Å². The van der Waals surface area contributed by atoms with Crippen molar-refractivity contribution in [2.75, 3.05) is 32.8 Å². The van der Waals surface area contributed by atoms with Crippen LogP contribution in [0.2, 0.25) is 0 Å². The smallest absolute Gasteiger partial charge is 0.122 e. The van der Waals surface area contributed by atoms with Crippen molar-refractivity contribution < 1.29 is 9.52 Å².